The molecule has 0 spiro atoms. The molecule has 0 aliphatic carbocycles. The van der Waals surface area contributed by atoms with Crippen LogP contribution in [0.3, 0.4) is 0 Å². The first kappa shape index (κ1) is 7.03. The van der Waals surface area contributed by atoms with Crippen LogP contribution in [0.25, 0.3) is 0 Å². The highest BCUT2D eigenvalue weighted by Crippen LogP contribution is 2.18. The summed E-state index contributed by atoms with van der Waals surface area (Å²) in [6, 6.07) is 0. The SMILES string of the molecule is C[C@@H]1CCN(C)[C@@H](O)C1. The van der Waals surface area contributed by atoms with Crippen LogP contribution >= 0.6 is 0 Å². The largest absolute Gasteiger partial charge is 0.378 e. The van der Waals surface area contributed by atoms with E-state index in [1.807, 2.05) is 11.9 Å². The van der Waals surface area contributed by atoms with Gasteiger partial charge in [-0.1, -0.05) is 6.92 Å². The van der Waals surface area contributed by atoms with Gasteiger partial charge in [-0.15, -0.1) is 0 Å². The molecule has 2 heteroatoms. The van der Waals surface area contributed by atoms with Crippen molar-refractivity contribution in [1.82, 2.24) is 4.90 Å². The molecule has 0 unspecified atom stereocenters. The molecule has 0 aromatic carbocycles. The molecule has 1 fully saturated rings. The maximum Gasteiger partial charge on any atom is 0.107 e. The molecule has 1 aliphatic rings. The van der Waals surface area contributed by atoms with Gasteiger partial charge in [0.05, 0.1) is 0 Å². The fourth-order valence-electron chi connectivity index (χ4n) is 1.23. The highest BCUT2D eigenvalue weighted by molar-refractivity contribution is 4.69. The second kappa shape index (κ2) is 2.67. The molecule has 1 N–H and O–H groups in total. The van der Waals surface area contributed by atoms with Crippen LogP contribution in [0.4, 0.5) is 0 Å². The smallest absolute Gasteiger partial charge is 0.107 e. The maximum atomic E-state index is 9.27. The van der Waals surface area contributed by atoms with Crippen molar-refractivity contribution in [3.8, 4) is 0 Å². The van der Waals surface area contributed by atoms with E-state index in [1.165, 1.54) is 6.42 Å². The first-order valence-corrected chi connectivity index (χ1v) is 3.58. The first-order valence-electron chi connectivity index (χ1n) is 3.58. The van der Waals surface area contributed by atoms with Crippen LogP contribution in [0, 0.1) is 5.92 Å². The van der Waals surface area contributed by atoms with Crippen LogP contribution in [0.15, 0.2) is 0 Å². The third-order valence-corrected chi connectivity index (χ3v) is 2.10. The van der Waals surface area contributed by atoms with Crippen LogP contribution in [0.2, 0.25) is 0 Å². The lowest BCUT2D eigenvalue weighted by molar-refractivity contribution is -0.0227. The fraction of sp³-hybridized carbons (Fsp3) is 1.00. The Morgan fingerprint density at radius 1 is 1.56 bits per heavy atom. The van der Waals surface area contributed by atoms with Crippen molar-refractivity contribution >= 4 is 0 Å². The lowest BCUT2D eigenvalue weighted by Gasteiger charge is -2.31. The number of hydrogen-bond donors (Lipinski definition) is 1. The molecule has 1 heterocycles. The highest BCUT2D eigenvalue weighted by atomic mass is 16.3. The molecule has 0 aromatic heterocycles. The van der Waals surface area contributed by atoms with Crippen LogP contribution in [-0.2, 0) is 0 Å². The number of hydrogen-bond acceptors (Lipinski definition) is 2. The second-order valence-corrected chi connectivity index (χ2v) is 3.09. The zero-order valence-corrected chi connectivity index (χ0v) is 6.17. The molecule has 0 saturated carbocycles. The lowest BCUT2D eigenvalue weighted by Crippen LogP contribution is -2.38. The van der Waals surface area contributed by atoms with E-state index >= 15 is 0 Å². The molecule has 9 heavy (non-hydrogen) atoms. The van der Waals surface area contributed by atoms with E-state index in [0.29, 0.717) is 5.92 Å². The Morgan fingerprint density at radius 3 is 2.67 bits per heavy atom. The fourth-order valence-corrected chi connectivity index (χ4v) is 1.23. The monoisotopic (exact) mass is 129 g/mol. The van der Waals surface area contributed by atoms with Crippen molar-refractivity contribution in [2.75, 3.05) is 13.6 Å². The predicted octanol–water partition coefficient (Wildman–Crippen LogP) is 0.667. The Kier molecular flexibility index (Phi) is 2.09. The van der Waals surface area contributed by atoms with Gasteiger partial charge >= 0.3 is 0 Å². The number of piperidine rings is 1. The van der Waals surface area contributed by atoms with Gasteiger partial charge in [0, 0.05) is 6.54 Å². The number of nitrogens with zero attached hydrogens (tertiary/aromatic N) is 1. The van der Waals surface area contributed by atoms with Crippen molar-refractivity contribution in [3.05, 3.63) is 0 Å². The van der Waals surface area contributed by atoms with Gasteiger partial charge < -0.3 is 5.11 Å². The summed E-state index contributed by atoms with van der Waals surface area (Å²) in [5.74, 6) is 0.705. The number of aliphatic hydroxyl groups is 1. The van der Waals surface area contributed by atoms with E-state index in [4.69, 9.17) is 0 Å². The molecule has 54 valence electrons. The topological polar surface area (TPSA) is 23.5 Å². The normalized spacial score (nSPS) is 39.0. The van der Waals surface area contributed by atoms with E-state index in [0.717, 1.165) is 13.0 Å². The van der Waals surface area contributed by atoms with Crippen molar-refractivity contribution < 1.29 is 5.11 Å². The molecular formula is C7H15NO. The van der Waals surface area contributed by atoms with E-state index in [1.54, 1.807) is 0 Å². The average Bonchev–Trinajstić information content (AvgIpc) is 1.80. The van der Waals surface area contributed by atoms with Crippen molar-refractivity contribution in [2.45, 2.75) is 26.0 Å². The summed E-state index contributed by atoms with van der Waals surface area (Å²) in [7, 11) is 1.97. The van der Waals surface area contributed by atoms with Gasteiger partial charge in [-0.3, -0.25) is 4.90 Å². The van der Waals surface area contributed by atoms with Gasteiger partial charge in [-0.05, 0) is 25.8 Å². The summed E-state index contributed by atoms with van der Waals surface area (Å²) in [6.07, 6.45) is 1.98. The van der Waals surface area contributed by atoms with Crippen LogP contribution in [-0.4, -0.2) is 29.8 Å². The molecule has 0 amide bonds. The summed E-state index contributed by atoms with van der Waals surface area (Å²) < 4.78 is 0. The zero-order valence-electron chi connectivity index (χ0n) is 6.17. The number of aliphatic hydroxyl groups excluding tert-OH is 1. The molecule has 1 saturated heterocycles. The van der Waals surface area contributed by atoms with Gasteiger partial charge in [0.15, 0.2) is 0 Å². The van der Waals surface area contributed by atoms with Crippen LogP contribution in [0.1, 0.15) is 19.8 Å². The van der Waals surface area contributed by atoms with Gasteiger partial charge in [0.1, 0.15) is 6.23 Å². The molecule has 0 aromatic rings. The first-order chi connectivity index (χ1) is 4.20. The Morgan fingerprint density at radius 2 is 2.22 bits per heavy atom. The minimum Gasteiger partial charge on any atom is -0.378 e. The summed E-state index contributed by atoms with van der Waals surface area (Å²) in [4.78, 5) is 2.00. The Balaban J connectivity index is 2.35. The number of likely N-dealkylation sites (tertiary alicyclic amines) is 1. The molecule has 2 nitrogen and oxygen atoms in total. The highest BCUT2D eigenvalue weighted by Gasteiger charge is 2.20. The van der Waals surface area contributed by atoms with Crippen molar-refractivity contribution in [1.29, 1.82) is 0 Å². The summed E-state index contributed by atoms with van der Waals surface area (Å²) in [5.41, 5.74) is 0. The standard InChI is InChI=1S/C7H15NO/c1-6-3-4-8(2)7(9)5-6/h6-7,9H,3-5H2,1-2H3/t6-,7+/m1/s1. The molecule has 1 rings (SSSR count). The van der Waals surface area contributed by atoms with Gasteiger partial charge in [0.2, 0.25) is 0 Å². The minimum absolute atomic E-state index is 0.186. The van der Waals surface area contributed by atoms with E-state index in [2.05, 4.69) is 6.92 Å². The van der Waals surface area contributed by atoms with E-state index in [-0.39, 0.29) is 6.23 Å². The van der Waals surface area contributed by atoms with Gasteiger partial charge in [0.25, 0.3) is 0 Å². The Bertz CT molecular complexity index is 94.9. The minimum atomic E-state index is -0.186. The quantitative estimate of drug-likeness (QED) is 0.519. The summed E-state index contributed by atoms with van der Waals surface area (Å²) >= 11 is 0. The predicted molar refractivity (Wildman–Crippen MR) is 37.0 cm³/mol. The molecule has 1 aliphatic heterocycles. The third kappa shape index (κ3) is 1.66. The van der Waals surface area contributed by atoms with Crippen LogP contribution in [0.5, 0.6) is 0 Å². The summed E-state index contributed by atoms with van der Waals surface area (Å²) in [6.45, 7) is 3.23. The second-order valence-electron chi connectivity index (χ2n) is 3.09. The van der Waals surface area contributed by atoms with Gasteiger partial charge in [-0.2, -0.15) is 0 Å². The maximum absolute atomic E-state index is 9.27. The molecule has 2 atom stereocenters. The third-order valence-electron chi connectivity index (χ3n) is 2.10. The van der Waals surface area contributed by atoms with Crippen molar-refractivity contribution in [2.24, 2.45) is 5.92 Å². The molecule has 0 radical (unpaired) electrons. The zero-order chi connectivity index (χ0) is 6.85. The Labute approximate surface area is 56.5 Å². The van der Waals surface area contributed by atoms with Gasteiger partial charge in [-0.25, -0.2) is 0 Å². The Hall–Kier alpha value is -0.0800. The van der Waals surface area contributed by atoms with Crippen molar-refractivity contribution in [3.63, 3.8) is 0 Å². The summed E-state index contributed by atoms with van der Waals surface area (Å²) in [5, 5.41) is 9.27. The molecule has 0 bridgehead atoms. The number of rotatable bonds is 0. The molecular weight excluding hydrogens is 114 g/mol. The van der Waals surface area contributed by atoms with Crippen LogP contribution < -0.4 is 0 Å². The van der Waals surface area contributed by atoms with E-state index in [9.17, 15) is 5.11 Å². The van der Waals surface area contributed by atoms with E-state index < -0.39 is 0 Å². The average molecular weight is 129 g/mol. The lowest BCUT2D eigenvalue weighted by atomic mass is 9.98.